The zero-order chi connectivity index (χ0) is 18.7. The Kier molecular flexibility index (Phi) is 5.18. The van der Waals surface area contributed by atoms with E-state index in [1.165, 1.54) is 14.0 Å². The highest BCUT2D eigenvalue weighted by atomic mass is 79.9. The Morgan fingerprint density at radius 2 is 1.96 bits per heavy atom. The smallest absolute Gasteiger partial charge is 0.363 e. The van der Waals surface area contributed by atoms with Gasteiger partial charge in [-0.1, -0.05) is 18.2 Å². The van der Waals surface area contributed by atoms with E-state index in [0.29, 0.717) is 22.6 Å². The first-order valence-corrected chi connectivity index (χ1v) is 8.41. The molecule has 1 heterocycles. The van der Waals surface area contributed by atoms with Crippen LogP contribution in [-0.4, -0.2) is 24.9 Å². The van der Waals surface area contributed by atoms with Crippen molar-refractivity contribution in [3.8, 4) is 11.5 Å². The molecule has 0 radical (unpaired) electrons. The number of methoxy groups -OCH3 is 1. The van der Waals surface area contributed by atoms with Crippen molar-refractivity contribution >= 4 is 39.8 Å². The molecule has 0 aromatic heterocycles. The van der Waals surface area contributed by atoms with Crippen molar-refractivity contribution in [1.29, 1.82) is 0 Å². The average molecular weight is 416 g/mol. The molecule has 26 heavy (non-hydrogen) atoms. The summed E-state index contributed by atoms with van der Waals surface area (Å²) in [7, 11) is 1.46. The van der Waals surface area contributed by atoms with Gasteiger partial charge in [0.25, 0.3) is 0 Å². The van der Waals surface area contributed by atoms with Gasteiger partial charge in [0, 0.05) is 11.4 Å². The molecule has 1 aliphatic rings. The molecule has 0 atom stereocenters. The molecule has 0 fully saturated rings. The molecule has 1 aliphatic heterocycles. The number of benzene rings is 2. The first-order chi connectivity index (χ1) is 12.5. The van der Waals surface area contributed by atoms with Gasteiger partial charge < -0.3 is 14.2 Å². The standard InChI is InChI=1S/C19H14BrNO5/c1-11(22)25-16-8-7-12(10-17(16)24-2)9-15-19(23)26-18(21-15)13-5-3-4-6-14(13)20/h3-10H,1-2H3/b15-9-. The normalized spacial score (nSPS) is 14.8. The van der Waals surface area contributed by atoms with Crippen LogP contribution in [0.25, 0.3) is 6.08 Å². The van der Waals surface area contributed by atoms with Crippen molar-refractivity contribution in [2.75, 3.05) is 7.11 Å². The molecule has 0 saturated heterocycles. The Morgan fingerprint density at radius 3 is 2.65 bits per heavy atom. The lowest BCUT2D eigenvalue weighted by Crippen LogP contribution is -2.05. The van der Waals surface area contributed by atoms with Crippen LogP contribution in [0.1, 0.15) is 18.1 Å². The molecular weight excluding hydrogens is 402 g/mol. The summed E-state index contributed by atoms with van der Waals surface area (Å²) in [5.41, 5.74) is 1.51. The number of nitrogens with zero attached hydrogens (tertiary/aromatic N) is 1. The van der Waals surface area contributed by atoms with Crippen LogP contribution in [0.2, 0.25) is 0 Å². The molecule has 2 aromatic rings. The minimum absolute atomic E-state index is 0.165. The molecule has 0 spiro atoms. The third-order valence-electron chi connectivity index (χ3n) is 3.47. The maximum Gasteiger partial charge on any atom is 0.363 e. The Bertz CT molecular complexity index is 949. The van der Waals surface area contributed by atoms with E-state index in [0.717, 1.165) is 4.47 Å². The molecule has 0 aliphatic carbocycles. The van der Waals surface area contributed by atoms with Crippen LogP contribution < -0.4 is 9.47 Å². The minimum atomic E-state index is -0.543. The van der Waals surface area contributed by atoms with Gasteiger partial charge in [0.05, 0.1) is 12.7 Å². The fourth-order valence-corrected chi connectivity index (χ4v) is 2.78. The van der Waals surface area contributed by atoms with E-state index in [-0.39, 0.29) is 11.6 Å². The second-order valence-electron chi connectivity index (χ2n) is 5.32. The van der Waals surface area contributed by atoms with E-state index < -0.39 is 11.9 Å². The number of aliphatic imine (C=N–C) groups is 1. The number of cyclic esters (lactones) is 1. The van der Waals surface area contributed by atoms with E-state index >= 15 is 0 Å². The van der Waals surface area contributed by atoms with Crippen molar-refractivity contribution in [3.63, 3.8) is 0 Å². The minimum Gasteiger partial charge on any atom is -0.493 e. The molecule has 0 amide bonds. The molecule has 6 nitrogen and oxygen atoms in total. The topological polar surface area (TPSA) is 74.2 Å². The van der Waals surface area contributed by atoms with Crippen LogP contribution in [0, 0.1) is 0 Å². The van der Waals surface area contributed by atoms with Crippen molar-refractivity contribution in [1.82, 2.24) is 0 Å². The summed E-state index contributed by atoms with van der Waals surface area (Å²) in [5.74, 6) is -0.0862. The van der Waals surface area contributed by atoms with Crippen molar-refractivity contribution in [2.24, 2.45) is 4.99 Å². The van der Waals surface area contributed by atoms with Crippen LogP contribution >= 0.6 is 15.9 Å². The van der Waals surface area contributed by atoms with Crippen molar-refractivity contribution < 1.29 is 23.8 Å². The number of ether oxygens (including phenoxy) is 3. The summed E-state index contributed by atoms with van der Waals surface area (Å²) in [5, 5.41) is 0. The highest BCUT2D eigenvalue weighted by molar-refractivity contribution is 9.10. The van der Waals surface area contributed by atoms with Gasteiger partial charge >= 0.3 is 11.9 Å². The van der Waals surface area contributed by atoms with Gasteiger partial charge in [0.15, 0.2) is 17.2 Å². The first kappa shape index (κ1) is 17.9. The highest BCUT2D eigenvalue weighted by Crippen LogP contribution is 2.30. The SMILES string of the molecule is COc1cc(/C=C2\N=C(c3ccccc3Br)OC2=O)ccc1OC(C)=O. The number of rotatable bonds is 4. The molecule has 0 saturated carbocycles. The van der Waals surface area contributed by atoms with Gasteiger partial charge in [-0.2, -0.15) is 0 Å². The predicted molar refractivity (Wildman–Crippen MR) is 99.1 cm³/mol. The average Bonchev–Trinajstić information content (AvgIpc) is 2.96. The van der Waals surface area contributed by atoms with Crippen LogP contribution in [0.4, 0.5) is 0 Å². The number of carbonyl (C=O) groups excluding carboxylic acids is 2. The summed E-state index contributed by atoms with van der Waals surface area (Å²) in [6.07, 6.45) is 1.58. The first-order valence-electron chi connectivity index (χ1n) is 7.62. The molecule has 3 rings (SSSR count). The lowest BCUT2D eigenvalue weighted by atomic mass is 10.1. The van der Waals surface area contributed by atoms with Crippen molar-refractivity contribution in [3.05, 3.63) is 63.8 Å². The van der Waals surface area contributed by atoms with Crippen LogP contribution in [0.15, 0.2) is 57.6 Å². The second-order valence-corrected chi connectivity index (χ2v) is 6.17. The van der Waals surface area contributed by atoms with E-state index in [1.807, 2.05) is 18.2 Å². The maximum atomic E-state index is 12.1. The Hall–Kier alpha value is -2.93. The third-order valence-corrected chi connectivity index (χ3v) is 4.16. The summed E-state index contributed by atoms with van der Waals surface area (Å²) in [6.45, 7) is 1.31. The zero-order valence-electron chi connectivity index (χ0n) is 14.0. The van der Waals surface area contributed by atoms with Crippen LogP contribution in [0.3, 0.4) is 0 Å². The molecular formula is C19H14BrNO5. The molecule has 7 heteroatoms. The van der Waals surface area contributed by atoms with E-state index in [1.54, 1.807) is 30.3 Å². The maximum absolute atomic E-state index is 12.1. The highest BCUT2D eigenvalue weighted by Gasteiger charge is 2.25. The Morgan fingerprint density at radius 1 is 1.19 bits per heavy atom. The quantitative estimate of drug-likeness (QED) is 0.432. The number of esters is 2. The zero-order valence-corrected chi connectivity index (χ0v) is 15.6. The Labute approximate surface area is 158 Å². The fourth-order valence-electron chi connectivity index (χ4n) is 2.33. The Balaban J connectivity index is 1.93. The number of halogens is 1. The van der Waals surface area contributed by atoms with Gasteiger partial charge in [0.2, 0.25) is 5.90 Å². The predicted octanol–water partition coefficient (Wildman–Crippen LogP) is 3.73. The van der Waals surface area contributed by atoms with Gasteiger partial charge in [0.1, 0.15) is 0 Å². The van der Waals surface area contributed by atoms with Gasteiger partial charge in [-0.15, -0.1) is 0 Å². The number of hydrogen-bond donors (Lipinski definition) is 0. The number of carbonyl (C=O) groups is 2. The van der Waals surface area contributed by atoms with E-state index in [4.69, 9.17) is 14.2 Å². The third kappa shape index (κ3) is 3.83. The lowest BCUT2D eigenvalue weighted by Gasteiger charge is -2.08. The molecule has 0 unspecified atom stereocenters. The summed E-state index contributed by atoms with van der Waals surface area (Å²) >= 11 is 3.41. The van der Waals surface area contributed by atoms with Crippen LogP contribution in [-0.2, 0) is 14.3 Å². The van der Waals surface area contributed by atoms with E-state index in [2.05, 4.69) is 20.9 Å². The monoisotopic (exact) mass is 415 g/mol. The summed E-state index contributed by atoms with van der Waals surface area (Å²) in [4.78, 5) is 27.5. The summed E-state index contributed by atoms with van der Waals surface area (Å²) < 4.78 is 16.3. The summed E-state index contributed by atoms with van der Waals surface area (Å²) in [6, 6.07) is 12.3. The molecule has 132 valence electrons. The van der Waals surface area contributed by atoms with Gasteiger partial charge in [-0.3, -0.25) is 4.79 Å². The van der Waals surface area contributed by atoms with Gasteiger partial charge in [-0.05, 0) is 51.8 Å². The van der Waals surface area contributed by atoms with Crippen LogP contribution in [0.5, 0.6) is 11.5 Å². The molecule has 0 N–H and O–H groups in total. The largest absolute Gasteiger partial charge is 0.493 e. The lowest BCUT2D eigenvalue weighted by molar-refractivity contribution is -0.132. The van der Waals surface area contributed by atoms with Gasteiger partial charge in [-0.25, -0.2) is 9.79 Å². The van der Waals surface area contributed by atoms with Crippen molar-refractivity contribution in [2.45, 2.75) is 6.92 Å². The number of hydrogen-bond acceptors (Lipinski definition) is 6. The fraction of sp³-hybridized carbons (Fsp3) is 0.105. The second kappa shape index (κ2) is 7.53. The molecule has 0 bridgehead atoms. The molecule has 2 aromatic carbocycles. The van der Waals surface area contributed by atoms with E-state index in [9.17, 15) is 9.59 Å².